The van der Waals surface area contributed by atoms with Crippen LogP contribution in [0.3, 0.4) is 0 Å². The molecule has 0 aliphatic heterocycles. The summed E-state index contributed by atoms with van der Waals surface area (Å²) in [5.41, 5.74) is 6.18. The highest BCUT2D eigenvalue weighted by Crippen LogP contribution is 2.46. The van der Waals surface area contributed by atoms with Crippen LogP contribution in [0.25, 0.3) is 0 Å². The van der Waals surface area contributed by atoms with Crippen LogP contribution in [0.15, 0.2) is 7.57 Å². The molecule has 0 unspecified atom stereocenters. The number of esters is 1. The van der Waals surface area contributed by atoms with Crippen LogP contribution in [0, 0.1) is 0 Å². The highest BCUT2D eigenvalue weighted by atomic mass is 79.9. The number of rotatable bonds is 1. The quantitative estimate of drug-likeness (QED) is 0.706. The maximum absolute atomic E-state index is 12.1. The van der Waals surface area contributed by atoms with Gasteiger partial charge in [-0.3, -0.25) is 4.79 Å². The average Bonchev–Trinajstić information content (AvgIpc) is 2.69. The molecule has 0 saturated carbocycles. The Morgan fingerprint density at radius 1 is 1.32 bits per heavy atom. The molecule has 1 aliphatic rings. The van der Waals surface area contributed by atoms with Gasteiger partial charge in [0, 0.05) is 5.56 Å². The molecule has 0 aromatic carbocycles. The fraction of sp³-hybridized carbons (Fsp3) is 0.333. The van der Waals surface area contributed by atoms with Gasteiger partial charge in [0.2, 0.25) is 5.78 Å². The van der Waals surface area contributed by atoms with Crippen molar-refractivity contribution in [3.8, 4) is 0 Å². The van der Waals surface area contributed by atoms with Crippen molar-refractivity contribution < 1.29 is 27.5 Å². The summed E-state index contributed by atoms with van der Waals surface area (Å²) in [4.78, 5) is 22.7. The van der Waals surface area contributed by atoms with E-state index in [0.717, 1.165) is 0 Å². The Morgan fingerprint density at radius 2 is 1.89 bits per heavy atom. The molecule has 19 heavy (non-hydrogen) atoms. The number of fused-ring (bicyclic) bond motifs is 1. The van der Waals surface area contributed by atoms with Gasteiger partial charge in [-0.25, -0.2) is 4.79 Å². The normalized spacial score (nSPS) is 22.5. The van der Waals surface area contributed by atoms with E-state index in [1.165, 1.54) is 11.3 Å². The maximum Gasteiger partial charge on any atom is 0.490 e. The first-order chi connectivity index (χ1) is 8.64. The molecule has 104 valence electrons. The van der Waals surface area contributed by atoms with Gasteiger partial charge in [-0.1, -0.05) is 0 Å². The molecule has 0 saturated heterocycles. The summed E-state index contributed by atoms with van der Waals surface area (Å²) in [6, 6.07) is -1.12. The average molecular weight is 423 g/mol. The molecular formula is C9H4Br2F3NO3S. The number of carbonyl (C=O) groups excluding carboxylic acids is 2. The number of carbonyl (C=O) groups is 2. The Labute approximate surface area is 125 Å². The predicted molar refractivity (Wildman–Crippen MR) is 66.9 cm³/mol. The van der Waals surface area contributed by atoms with E-state index in [9.17, 15) is 22.8 Å². The van der Waals surface area contributed by atoms with E-state index in [0.29, 0.717) is 13.1 Å². The zero-order valence-corrected chi connectivity index (χ0v) is 12.7. The Morgan fingerprint density at radius 3 is 2.37 bits per heavy atom. The summed E-state index contributed by atoms with van der Waals surface area (Å²) in [6.07, 6.45) is -6.82. The van der Waals surface area contributed by atoms with Gasteiger partial charge in [0.25, 0.3) is 0 Å². The largest absolute Gasteiger partial charge is 0.490 e. The van der Waals surface area contributed by atoms with Crippen LogP contribution >= 0.6 is 43.2 Å². The van der Waals surface area contributed by atoms with Gasteiger partial charge in [0.1, 0.15) is 0 Å². The molecule has 0 bridgehead atoms. The molecule has 1 aromatic rings. The lowest BCUT2D eigenvalue weighted by atomic mass is 10.2. The fourth-order valence-electron chi connectivity index (χ4n) is 1.68. The molecule has 2 atom stereocenters. The van der Waals surface area contributed by atoms with Crippen LogP contribution in [0.5, 0.6) is 0 Å². The van der Waals surface area contributed by atoms with Crippen LogP contribution in [-0.2, 0) is 9.53 Å². The summed E-state index contributed by atoms with van der Waals surface area (Å²) in [7, 11) is 0. The molecule has 0 radical (unpaired) electrons. The van der Waals surface area contributed by atoms with Crippen LogP contribution < -0.4 is 5.73 Å². The highest BCUT2D eigenvalue weighted by Gasteiger charge is 2.49. The van der Waals surface area contributed by atoms with E-state index >= 15 is 0 Å². The number of ketones is 1. The molecule has 1 heterocycles. The van der Waals surface area contributed by atoms with Gasteiger partial charge in [-0.15, -0.1) is 11.3 Å². The second kappa shape index (κ2) is 4.83. The zero-order valence-electron chi connectivity index (χ0n) is 8.75. The minimum absolute atomic E-state index is 0.157. The second-order valence-corrected chi connectivity index (χ2v) is 7.31. The lowest BCUT2D eigenvalue weighted by molar-refractivity contribution is -0.203. The van der Waals surface area contributed by atoms with Gasteiger partial charge in [0.15, 0.2) is 6.10 Å². The maximum atomic E-state index is 12.1. The van der Waals surface area contributed by atoms with E-state index in [1.54, 1.807) is 0 Å². The van der Waals surface area contributed by atoms with Crippen molar-refractivity contribution in [1.29, 1.82) is 0 Å². The monoisotopic (exact) mass is 421 g/mol. The van der Waals surface area contributed by atoms with Crippen molar-refractivity contribution in [1.82, 2.24) is 0 Å². The van der Waals surface area contributed by atoms with Crippen molar-refractivity contribution in [2.75, 3.05) is 0 Å². The third-order valence-electron chi connectivity index (χ3n) is 2.49. The van der Waals surface area contributed by atoms with E-state index in [4.69, 9.17) is 5.73 Å². The third-order valence-corrected chi connectivity index (χ3v) is 5.06. The summed E-state index contributed by atoms with van der Waals surface area (Å²) in [6.45, 7) is 0. The van der Waals surface area contributed by atoms with E-state index in [-0.39, 0.29) is 5.56 Å². The Kier molecular flexibility index (Phi) is 3.80. The number of hydrogen-bond acceptors (Lipinski definition) is 5. The lowest BCUT2D eigenvalue weighted by Gasteiger charge is -2.17. The topological polar surface area (TPSA) is 69.4 Å². The number of nitrogens with two attached hydrogens (primary N) is 1. The second-order valence-electron chi connectivity index (χ2n) is 3.65. The smallest absolute Gasteiger partial charge is 0.445 e. The molecule has 2 N–H and O–H groups in total. The molecule has 10 heteroatoms. The number of ether oxygens (including phenoxy) is 1. The van der Waals surface area contributed by atoms with E-state index in [2.05, 4.69) is 36.6 Å². The summed E-state index contributed by atoms with van der Waals surface area (Å²) in [5, 5.41) is 0. The number of alkyl halides is 3. The minimum atomic E-state index is -5.16. The van der Waals surface area contributed by atoms with Gasteiger partial charge in [0.05, 0.1) is 19.2 Å². The number of thiophene rings is 1. The van der Waals surface area contributed by atoms with Crippen molar-refractivity contribution in [2.45, 2.75) is 18.3 Å². The van der Waals surface area contributed by atoms with Crippen molar-refractivity contribution >= 4 is 54.9 Å². The van der Waals surface area contributed by atoms with Gasteiger partial charge in [-0.2, -0.15) is 13.2 Å². The van der Waals surface area contributed by atoms with E-state index < -0.39 is 30.1 Å². The highest BCUT2D eigenvalue weighted by molar-refractivity contribution is 9.12. The lowest BCUT2D eigenvalue weighted by Crippen LogP contribution is -2.37. The minimum Gasteiger partial charge on any atom is -0.445 e. The van der Waals surface area contributed by atoms with Gasteiger partial charge >= 0.3 is 12.1 Å². The van der Waals surface area contributed by atoms with E-state index in [1.807, 2.05) is 0 Å². The summed E-state index contributed by atoms with van der Waals surface area (Å²) < 4.78 is 41.5. The number of hydrogen-bond donors (Lipinski definition) is 1. The standard InChI is InChI=1S/C9H4Br2F3NO3S/c10-6-1-2(7(11)19-6)4(16)5(3(1)15)18-8(17)9(12,13)14/h3,5H,15H2/t3-,5-/m1/s1. The van der Waals surface area contributed by atoms with Crippen LogP contribution in [0.1, 0.15) is 22.0 Å². The van der Waals surface area contributed by atoms with Crippen molar-refractivity contribution in [3.63, 3.8) is 0 Å². The molecular weight excluding hydrogens is 419 g/mol. The SMILES string of the molecule is N[C@@H]1c2c(Br)sc(Br)c2C(=O)[C@@H]1OC(=O)C(F)(F)F. The number of Topliss-reactive ketones (excluding diaryl/α,β-unsaturated/α-hetero) is 1. The molecule has 1 aromatic heterocycles. The van der Waals surface area contributed by atoms with Crippen LogP contribution in [0.4, 0.5) is 13.2 Å². The van der Waals surface area contributed by atoms with Crippen molar-refractivity contribution in [3.05, 3.63) is 18.7 Å². The number of halogens is 5. The molecule has 4 nitrogen and oxygen atoms in total. The summed E-state index contributed by atoms with van der Waals surface area (Å²) >= 11 is 7.46. The van der Waals surface area contributed by atoms with Crippen LogP contribution in [0.2, 0.25) is 0 Å². The molecule has 0 amide bonds. The van der Waals surface area contributed by atoms with Crippen molar-refractivity contribution in [2.24, 2.45) is 5.73 Å². The molecule has 2 rings (SSSR count). The summed E-state index contributed by atoms with van der Waals surface area (Å²) in [5.74, 6) is -3.17. The fourth-order valence-corrected chi connectivity index (χ4v) is 4.99. The zero-order chi connectivity index (χ0) is 14.5. The first-order valence-corrected chi connectivity index (χ1v) is 7.10. The molecule has 0 fully saturated rings. The Bertz CT molecular complexity index is 572. The van der Waals surface area contributed by atoms with Crippen LogP contribution in [-0.4, -0.2) is 24.0 Å². The Hall–Kier alpha value is -0.450. The van der Waals surface area contributed by atoms with Gasteiger partial charge in [-0.05, 0) is 31.9 Å². The molecule has 0 spiro atoms. The Balaban J connectivity index is 2.31. The molecule has 1 aliphatic carbocycles. The van der Waals surface area contributed by atoms with Gasteiger partial charge < -0.3 is 10.5 Å². The predicted octanol–water partition coefficient (Wildman–Crippen LogP) is 2.94. The third kappa shape index (κ3) is 2.46. The first-order valence-electron chi connectivity index (χ1n) is 4.70. The first kappa shape index (κ1) is 14.9.